The molecule has 0 aliphatic rings. The van der Waals surface area contributed by atoms with Gasteiger partial charge in [-0.3, -0.25) is 0 Å². The second-order valence-electron chi connectivity index (χ2n) is 4.12. The van der Waals surface area contributed by atoms with Crippen LogP contribution in [0.3, 0.4) is 0 Å². The van der Waals surface area contributed by atoms with Crippen LogP contribution in [-0.2, 0) is 12.5 Å². The summed E-state index contributed by atoms with van der Waals surface area (Å²) < 4.78 is 26.0. The molecular formula is C12H17F2N. The molecule has 3 heteroatoms. The molecule has 1 rings (SSSR count). The van der Waals surface area contributed by atoms with Gasteiger partial charge in [-0.25, -0.2) is 8.78 Å². The van der Waals surface area contributed by atoms with E-state index in [1.54, 1.807) is 12.1 Å². The van der Waals surface area contributed by atoms with Crippen LogP contribution in [0.5, 0.6) is 0 Å². The van der Waals surface area contributed by atoms with Gasteiger partial charge in [0.25, 0.3) is 5.92 Å². The lowest BCUT2D eigenvalue weighted by Gasteiger charge is -2.13. The molecule has 15 heavy (non-hydrogen) atoms. The number of alkyl halides is 2. The van der Waals surface area contributed by atoms with Crippen molar-refractivity contribution < 1.29 is 8.78 Å². The van der Waals surface area contributed by atoms with Gasteiger partial charge in [0.05, 0.1) is 0 Å². The molecule has 0 saturated heterocycles. The summed E-state index contributed by atoms with van der Waals surface area (Å²) in [5.41, 5.74) is 0.966. The van der Waals surface area contributed by atoms with Crippen LogP contribution in [0.1, 0.15) is 31.9 Å². The van der Waals surface area contributed by atoms with E-state index in [1.165, 1.54) is 6.07 Å². The third-order valence-corrected chi connectivity index (χ3v) is 2.15. The first kappa shape index (κ1) is 12.1. The lowest BCUT2D eigenvalue weighted by Crippen LogP contribution is -2.22. The quantitative estimate of drug-likeness (QED) is 0.809. The van der Waals surface area contributed by atoms with Gasteiger partial charge < -0.3 is 5.32 Å². The van der Waals surface area contributed by atoms with Crippen molar-refractivity contribution in [2.75, 3.05) is 0 Å². The van der Waals surface area contributed by atoms with Crippen molar-refractivity contribution in [3.05, 3.63) is 35.4 Å². The molecule has 0 heterocycles. The molecule has 0 saturated carbocycles. The maximum Gasteiger partial charge on any atom is 0.270 e. The first-order valence-electron chi connectivity index (χ1n) is 5.10. The Bertz CT molecular complexity index is 316. The SMILES string of the molecule is CC(C)NCc1cccc(C(C)(F)F)c1. The van der Waals surface area contributed by atoms with E-state index in [0.717, 1.165) is 12.5 Å². The Labute approximate surface area is 89.5 Å². The van der Waals surface area contributed by atoms with Gasteiger partial charge in [-0.15, -0.1) is 0 Å². The van der Waals surface area contributed by atoms with E-state index in [9.17, 15) is 8.78 Å². The van der Waals surface area contributed by atoms with Gasteiger partial charge in [0.2, 0.25) is 0 Å². The number of hydrogen-bond donors (Lipinski definition) is 1. The Kier molecular flexibility index (Phi) is 3.80. The second kappa shape index (κ2) is 4.71. The summed E-state index contributed by atoms with van der Waals surface area (Å²) in [7, 11) is 0. The van der Waals surface area contributed by atoms with Crippen LogP contribution in [-0.4, -0.2) is 6.04 Å². The van der Waals surface area contributed by atoms with Crippen molar-refractivity contribution in [3.8, 4) is 0 Å². The van der Waals surface area contributed by atoms with E-state index < -0.39 is 5.92 Å². The molecule has 0 unspecified atom stereocenters. The number of rotatable bonds is 4. The average molecular weight is 213 g/mol. The number of nitrogens with one attached hydrogen (secondary N) is 1. The summed E-state index contributed by atoms with van der Waals surface area (Å²) in [6, 6.07) is 6.89. The molecule has 0 aliphatic carbocycles. The summed E-state index contributed by atoms with van der Waals surface area (Å²) in [6.45, 7) is 5.60. The first-order chi connectivity index (χ1) is 6.89. The molecule has 0 fully saturated rings. The van der Waals surface area contributed by atoms with Crippen LogP contribution in [0.2, 0.25) is 0 Å². The van der Waals surface area contributed by atoms with Gasteiger partial charge in [0.15, 0.2) is 0 Å². The number of benzene rings is 1. The van der Waals surface area contributed by atoms with Gasteiger partial charge in [-0.1, -0.05) is 32.0 Å². The molecule has 0 bridgehead atoms. The molecule has 0 atom stereocenters. The minimum atomic E-state index is -2.76. The van der Waals surface area contributed by atoms with Crippen LogP contribution in [0.4, 0.5) is 8.78 Å². The summed E-state index contributed by atoms with van der Waals surface area (Å²) in [6.07, 6.45) is 0. The molecule has 1 aromatic carbocycles. The van der Waals surface area contributed by atoms with Crippen LogP contribution in [0.25, 0.3) is 0 Å². The zero-order chi connectivity index (χ0) is 11.5. The lowest BCUT2D eigenvalue weighted by atomic mass is 10.1. The molecule has 1 N–H and O–H groups in total. The molecular weight excluding hydrogens is 196 g/mol. The van der Waals surface area contributed by atoms with E-state index in [1.807, 2.05) is 19.9 Å². The van der Waals surface area contributed by atoms with Gasteiger partial charge >= 0.3 is 0 Å². The van der Waals surface area contributed by atoms with Crippen LogP contribution < -0.4 is 5.32 Å². The van der Waals surface area contributed by atoms with E-state index in [4.69, 9.17) is 0 Å². The van der Waals surface area contributed by atoms with Crippen LogP contribution >= 0.6 is 0 Å². The lowest BCUT2D eigenvalue weighted by molar-refractivity contribution is 0.0174. The van der Waals surface area contributed by atoms with Crippen molar-refractivity contribution >= 4 is 0 Å². The number of hydrogen-bond acceptors (Lipinski definition) is 1. The van der Waals surface area contributed by atoms with E-state index in [2.05, 4.69) is 5.32 Å². The van der Waals surface area contributed by atoms with E-state index >= 15 is 0 Å². The minimum absolute atomic E-state index is 0.0746. The largest absolute Gasteiger partial charge is 0.310 e. The fourth-order valence-corrected chi connectivity index (χ4v) is 1.28. The topological polar surface area (TPSA) is 12.0 Å². The zero-order valence-corrected chi connectivity index (χ0v) is 9.35. The van der Waals surface area contributed by atoms with Gasteiger partial charge in [-0.05, 0) is 11.6 Å². The highest BCUT2D eigenvalue weighted by atomic mass is 19.3. The third-order valence-electron chi connectivity index (χ3n) is 2.15. The maximum absolute atomic E-state index is 13.0. The summed E-state index contributed by atoms with van der Waals surface area (Å²) in [5, 5.41) is 3.20. The Morgan fingerprint density at radius 2 is 2.00 bits per heavy atom. The van der Waals surface area contributed by atoms with Crippen molar-refractivity contribution in [1.82, 2.24) is 5.32 Å². The van der Waals surface area contributed by atoms with Crippen molar-refractivity contribution in [2.24, 2.45) is 0 Å². The van der Waals surface area contributed by atoms with Gasteiger partial charge in [0.1, 0.15) is 0 Å². The molecule has 84 valence electrons. The molecule has 1 aromatic rings. The monoisotopic (exact) mass is 213 g/mol. The van der Waals surface area contributed by atoms with Crippen LogP contribution in [0, 0.1) is 0 Å². The smallest absolute Gasteiger partial charge is 0.270 e. The van der Waals surface area contributed by atoms with E-state index in [-0.39, 0.29) is 5.56 Å². The predicted octanol–water partition coefficient (Wildman–Crippen LogP) is 3.30. The average Bonchev–Trinajstić information content (AvgIpc) is 2.14. The Hall–Kier alpha value is -0.960. The van der Waals surface area contributed by atoms with Crippen molar-refractivity contribution in [1.29, 1.82) is 0 Å². The third kappa shape index (κ3) is 3.96. The highest BCUT2D eigenvalue weighted by Gasteiger charge is 2.23. The Balaban J connectivity index is 2.75. The highest BCUT2D eigenvalue weighted by Crippen LogP contribution is 2.27. The standard InChI is InChI=1S/C12H17F2N/c1-9(2)15-8-10-5-4-6-11(7-10)12(3,13)14/h4-7,9,15H,8H2,1-3H3. The fraction of sp³-hybridized carbons (Fsp3) is 0.500. The van der Waals surface area contributed by atoms with Crippen molar-refractivity contribution in [3.63, 3.8) is 0 Å². The van der Waals surface area contributed by atoms with Gasteiger partial charge in [0, 0.05) is 25.1 Å². The first-order valence-corrected chi connectivity index (χ1v) is 5.10. The molecule has 0 amide bonds. The predicted molar refractivity (Wildman–Crippen MR) is 58.0 cm³/mol. The fourth-order valence-electron chi connectivity index (χ4n) is 1.28. The maximum atomic E-state index is 13.0. The molecule has 0 radical (unpaired) electrons. The molecule has 1 nitrogen and oxygen atoms in total. The minimum Gasteiger partial charge on any atom is -0.310 e. The normalized spacial score (nSPS) is 12.1. The summed E-state index contributed by atoms with van der Waals surface area (Å²) in [5.74, 6) is -2.76. The molecule has 0 spiro atoms. The molecule has 0 aromatic heterocycles. The Morgan fingerprint density at radius 1 is 1.33 bits per heavy atom. The summed E-state index contributed by atoms with van der Waals surface area (Å²) >= 11 is 0. The zero-order valence-electron chi connectivity index (χ0n) is 9.35. The molecule has 0 aliphatic heterocycles. The Morgan fingerprint density at radius 3 is 2.53 bits per heavy atom. The van der Waals surface area contributed by atoms with Gasteiger partial charge in [-0.2, -0.15) is 0 Å². The summed E-state index contributed by atoms with van der Waals surface area (Å²) in [4.78, 5) is 0. The van der Waals surface area contributed by atoms with E-state index in [0.29, 0.717) is 12.6 Å². The second-order valence-corrected chi connectivity index (χ2v) is 4.12. The number of halogens is 2. The van der Waals surface area contributed by atoms with Crippen molar-refractivity contribution in [2.45, 2.75) is 39.3 Å². The highest BCUT2D eigenvalue weighted by molar-refractivity contribution is 5.26. The van der Waals surface area contributed by atoms with Crippen LogP contribution in [0.15, 0.2) is 24.3 Å².